The summed E-state index contributed by atoms with van der Waals surface area (Å²) in [6, 6.07) is 16.7. The molecule has 3 aromatic rings. The Labute approximate surface area is 189 Å². The number of benzene rings is 2. The van der Waals surface area contributed by atoms with E-state index in [9.17, 15) is 4.79 Å². The molecule has 0 aliphatic carbocycles. The average molecular weight is 460 g/mol. The molecule has 4 nitrogen and oxygen atoms in total. The summed E-state index contributed by atoms with van der Waals surface area (Å²) in [5.41, 5.74) is 2.24. The van der Waals surface area contributed by atoms with Crippen molar-refractivity contribution >= 4 is 47.0 Å². The normalized spacial score (nSPS) is 11.0. The Hall–Kier alpha value is -2.47. The summed E-state index contributed by atoms with van der Waals surface area (Å²) < 4.78 is 6.06. The van der Waals surface area contributed by atoms with Crippen molar-refractivity contribution in [3.05, 3.63) is 87.7 Å². The van der Waals surface area contributed by atoms with E-state index >= 15 is 0 Å². The first-order valence-corrected chi connectivity index (χ1v) is 11.0. The van der Waals surface area contributed by atoms with Crippen LogP contribution in [0.1, 0.15) is 23.9 Å². The molecule has 0 bridgehead atoms. The van der Waals surface area contributed by atoms with Crippen LogP contribution in [-0.2, 0) is 17.0 Å². The summed E-state index contributed by atoms with van der Waals surface area (Å²) >= 11 is 13.9. The first-order chi connectivity index (χ1) is 14.5. The number of carbonyl (C=O) groups is 1. The number of aromatic nitrogens is 1. The molecule has 0 radical (unpaired) electrons. The number of aryl methyl sites for hydroxylation is 1. The number of pyridine rings is 1. The van der Waals surface area contributed by atoms with E-state index in [1.165, 1.54) is 17.8 Å². The molecule has 0 unspecified atom stereocenters. The molecular weight excluding hydrogens is 441 g/mol. The summed E-state index contributed by atoms with van der Waals surface area (Å²) in [5, 5.41) is 10.2. The summed E-state index contributed by atoms with van der Waals surface area (Å²) in [4.78, 5) is 16.4. The highest BCUT2D eigenvalue weighted by Gasteiger charge is 2.11. The first-order valence-electron chi connectivity index (χ1n) is 9.21. The average Bonchev–Trinajstić information content (AvgIpc) is 2.73. The van der Waals surface area contributed by atoms with Gasteiger partial charge in [0.1, 0.15) is 11.4 Å². The fraction of sp³-hybridized carbons (Fsp3) is 0.130. The second-order valence-electron chi connectivity index (χ2n) is 6.26. The first kappa shape index (κ1) is 22.2. The molecule has 0 spiro atoms. The molecule has 1 N–H and O–H groups in total. The minimum absolute atomic E-state index is 0.437. The van der Waals surface area contributed by atoms with E-state index in [2.05, 4.69) is 4.98 Å². The van der Waals surface area contributed by atoms with E-state index in [-0.39, 0.29) is 0 Å². The lowest BCUT2D eigenvalue weighted by Gasteiger charge is -2.13. The number of halogens is 2. The van der Waals surface area contributed by atoms with Gasteiger partial charge in [0.2, 0.25) is 0 Å². The summed E-state index contributed by atoms with van der Waals surface area (Å²) in [6.07, 6.45) is 3.29. The van der Waals surface area contributed by atoms with Crippen LogP contribution in [0, 0.1) is 0 Å². The number of ether oxygens (including phenoxy) is 1. The number of aliphatic carboxylic acids is 1. The van der Waals surface area contributed by atoms with Crippen molar-refractivity contribution in [3.63, 3.8) is 0 Å². The summed E-state index contributed by atoms with van der Waals surface area (Å²) in [5.74, 6) is 0.664. The Kier molecular flexibility index (Phi) is 7.80. The fourth-order valence-corrected chi connectivity index (χ4v) is 4.31. The highest BCUT2D eigenvalue weighted by atomic mass is 35.5. The zero-order valence-electron chi connectivity index (χ0n) is 16.1. The minimum Gasteiger partial charge on any atom is -0.478 e. The summed E-state index contributed by atoms with van der Waals surface area (Å²) in [6.45, 7) is 2.05. The van der Waals surface area contributed by atoms with Crippen LogP contribution in [0.5, 0.6) is 11.5 Å². The van der Waals surface area contributed by atoms with Crippen LogP contribution in [0.15, 0.2) is 65.6 Å². The van der Waals surface area contributed by atoms with Crippen molar-refractivity contribution in [3.8, 4) is 11.5 Å². The standard InChI is InChI=1S/C23H19Cl2NO3S/c1-2-15-6-3-4-9-20(15)29-21-12-10-16(26-19(21)11-13-22(27)28)14-30-23-17(24)7-5-8-18(23)25/h3-13H,2,14H2,1H3,(H,27,28). The van der Waals surface area contributed by atoms with Gasteiger partial charge in [-0.05, 0) is 48.4 Å². The lowest BCUT2D eigenvalue weighted by atomic mass is 10.1. The molecule has 0 atom stereocenters. The van der Waals surface area contributed by atoms with Crippen LogP contribution in [-0.4, -0.2) is 16.1 Å². The SMILES string of the molecule is CCc1ccccc1Oc1ccc(CSc2c(Cl)cccc2Cl)nc1C=CC(=O)O. The predicted octanol–water partition coefficient (Wildman–Crippen LogP) is 7.13. The molecular formula is C23H19Cl2NO3S. The lowest BCUT2D eigenvalue weighted by Crippen LogP contribution is -1.97. The molecule has 7 heteroatoms. The van der Waals surface area contributed by atoms with Gasteiger partial charge in [0, 0.05) is 16.7 Å². The predicted molar refractivity (Wildman–Crippen MR) is 123 cm³/mol. The number of hydrogen-bond donors (Lipinski definition) is 1. The van der Waals surface area contributed by atoms with Gasteiger partial charge in [0.05, 0.1) is 15.7 Å². The highest BCUT2D eigenvalue weighted by molar-refractivity contribution is 7.98. The molecule has 0 fully saturated rings. The third-order valence-electron chi connectivity index (χ3n) is 4.18. The molecule has 0 amide bonds. The lowest BCUT2D eigenvalue weighted by molar-refractivity contribution is -0.131. The van der Waals surface area contributed by atoms with E-state index in [1.807, 2.05) is 37.3 Å². The van der Waals surface area contributed by atoms with Gasteiger partial charge in [-0.25, -0.2) is 9.78 Å². The van der Waals surface area contributed by atoms with Gasteiger partial charge in [-0.3, -0.25) is 0 Å². The Morgan fingerprint density at radius 1 is 1.07 bits per heavy atom. The maximum Gasteiger partial charge on any atom is 0.328 e. The molecule has 1 aromatic heterocycles. The largest absolute Gasteiger partial charge is 0.478 e. The second-order valence-corrected chi connectivity index (χ2v) is 8.06. The van der Waals surface area contributed by atoms with Crippen LogP contribution in [0.4, 0.5) is 0 Å². The number of para-hydroxylation sites is 1. The van der Waals surface area contributed by atoms with Gasteiger partial charge >= 0.3 is 5.97 Å². The van der Waals surface area contributed by atoms with E-state index in [0.717, 1.165) is 34.4 Å². The third kappa shape index (κ3) is 5.79. The van der Waals surface area contributed by atoms with E-state index < -0.39 is 5.97 Å². The third-order valence-corrected chi connectivity index (χ3v) is 6.21. The zero-order chi connectivity index (χ0) is 21.5. The maximum absolute atomic E-state index is 11.0. The van der Waals surface area contributed by atoms with Crippen molar-refractivity contribution in [2.24, 2.45) is 0 Å². The van der Waals surface area contributed by atoms with Crippen molar-refractivity contribution < 1.29 is 14.6 Å². The number of nitrogens with zero attached hydrogens (tertiary/aromatic N) is 1. The number of carboxylic acid groups (broad SMARTS) is 1. The quantitative estimate of drug-likeness (QED) is 0.286. The van der Waals surface area contributed by atoms with E-state index in [0.29, 0.717) is 27.2 Å². The maximum atomic E-state index is 11.0. The Bertz CT molecular complexity index is 1070. The molecule has 0 saturated heterocycles. The number of carboxylic acids is 1. The van der Waals surface area contributed by atoms with Crippen molar-refractivity contribution in [2.75, 3.05) is 0 Å². The van der Waals surface area contributed by atoms with Gasteiger partial charge in [0.25, 0.3) is 0 Å². The molecule has 0 aliphatic heterocycles. The molecule has 1 heterocycles. The fourth-order valence-electron chi connectivity index (χ4n) is 2.72. The molecule has 0 aliphatic rings. The number of thioether (sulfide) groups is 1. The van der Waals surface area contributed by atoms with E-state index in [1.54, 1.807) is 24.3 Å². The Morgan fingerprint density at radius 3 is 2.50 bits per heavy atom. The van der Waals surface area contributed by atoms with Gasteiger partial charge in [-0.2, -0.15) is 0 Å². The van der Waals surface area contributed by atoms with Crippen LogP contribution in [0.2, 0.25) is 10.0 Å². The van der Waals surface area contributed by atoms with Crippen LogP contribution in [0.3, 0.4) is 0 Å². The van der Waals surface area contributed by atoms with Crippen molar-refractivity contribution in [1.29, 1.82) is 0 Å². The molecule has 154 valence electrons. The second kappa shape index (κ2) is 10.5. The smallest absolute Gasteiger partial charge is 0.328 e. The van der Waals surface area contributed by atoms with Crippen molar-refractivity contribution in [2.45, 2.75) is 24.0 Å². The summed E-state index contributed by atoms with van der Waals surface area (Å²) in [7, 11) is 0. The highest BCUT2D eigenvalue weighted by Crippen LogP contribution is 2.36. The topological polar surface area (TPSA) is 59.4 Å². The molecule has 2 aromatic carbocycles. The van der Waals surface area contributed by atoms with Crippen LogP contribution >= 0.6 is 35.0 Å². The monoisotopic (exact) mass is 459 g/mol. The van der Waals surface area contributed by atoms with Crippen molar-refractivity contribution in [1.82, 2.24) is 4.98 Å². The van der Waals surface area contributed by atoms with Gasteiger partial charge < -0.3 is 9.84 Å². The van der Waals surface area contributed by atoms with Crippen LogP contribution < -0.4 is 4.74 Å². The van der Waals surface area contributed by atoms with Gasteiger partial charge in [-0.1, -0.05) is 54.4 Å². The molecule has 30 heavy (non-hydrogen) atoms. The van der Waals surface area contributed by atoms with E-state index in [4.69, 9.17) is 33.0 Å². The Balaban J connectivity index is 1.88. The molecule has 0 saturated carbocycles. The Morgan fingerprint density at radius 2 is 1.80 bits per heavy atom. The van der Waals surface area contributed by atoms with Gasteiger partial charge in [0.15, 0.2) is 5.75 Å². The number of rotatable bonds is 8. The zero-order valence-corrected chi connectivity index (χ0v) is 18.5. The molecule has 3 rings (SSSR count). The number of hydrogen-bond acceptors (Lipinski definition) is 4. The minimum atomic E-state index is -1.06. The van der Waals surface area contributed by atoms with Gasteiger partial charge in [-0.15, -0.1) is 11.8 Å². The van der Waals surface area contributed by atoms with Crippen LogP contribution in [0.25, 0.3) is 6.08 Å².